The summed E-state index contributed by atoms with van der Waals surface area (Å²) in [6.07, 6.45) is 2.64. The van der Waals surface area contributed by atoms with Gasteiger partial charge in [-0.1, -0.05) is 6.92 Å². The van der Waals surface area contributed by atoms with Gasteiger partial charge in [-0.2, -0.15) is 0 Å². The Labute approximate surface area is 99.3 Å². The van der Waals surface area contributed by atoms with Crippen molar-refractivity contribution in [1.29, 1.82) is 0 Å². The van der Waals surface area contributed by atoms with Crippen LogP contribution in [0.5, 0.6) is 0 Å². The Balaban J connectivity index is 2.69. The van der Waals surface area contributed by atoms with Crippen LogP contribution in [-0.4, -0.2) is 43.1 Å². The molecule has 0 amide bonds. The smallest absolute Gasteiger partial charge is 0.188 e. The second-order valence-electron chi connectivity index (χ2n) is 4.40. The fraction of sp³-hybridized carbons (Fsp3) is 0.727. The molecule has 0 bridgehead atoms. The molecule has 16 heavy (non-hydrogen) atoms. The van der Waals surface area contributed by atoms with Crippen LogP contribution in [0.2, 0.25) is 0 Å². The van der Waals surface area contributed by atoms with Crippen LogP contribution in [0.3, 0.4) is 0 Å². The molecule has 0 aromatic carbocycles. The zero-order chi connectivity index (χ0) is 12.3. The van der Waals surface area contributed by atoms with Crippen LogP contribution in [0, 0.1) is 5.92 Å². The van der Waals surface area contributed by atoms with Gasteiger partial charge in [0.25, 0.3) is 0 Å². The number of carbonyl (C=O) groups excluding carboxylic acids is 1. The van der Waals surface area contributed by atoms with Crippen molar-refractivity contribution >= 4 is 15.2 Å². The van der Waals surface area contributed by atoms with Crippen molar-refractivity contribution in [3.05, 3.63) is 12.3 Å². The van der Waals surface area contributed by atoms with Gasteiger partial charge in [-0.3, -0.25) is 4.79 Å². The van der Waals surface area contributed by atoms with E-state index in [2.05, 4.69) is 9.47 Å². The Bertz CT molecular complexity index is 280. The van der Waals surface area contributed by atoms with Crippen molar-refractivity contribution in [3.8, 4) is 0 Å². The normalized spacial score (nSPS) is 34.6. The molecular formula is C11H20NO3P. The Kier molecular flexibility index (Phi) is 4.90. The Morgan fingerprint density at radius 3 is 2.56 bits per heavy atom. The van der Waals surface area contributed by atoms with Gasteiger partial charge in [0, 0.05) is 35.7 Å². The van der Waals surface area contributed by atoms with E-state index < -0.39 is 6.10 Å². The van der Waals surface area contributed by atoms with Crippen LogP contribution in [-0.2, 0) is 14.1 Å². The lowest BCUT2D eigenvalue weighted by Gasteiger charge is -2.17. The lowest BCUT2D eigenvalue weighted by Crippen LogP contribution is -2.32. The first kappa shape index (κ1) is 13.6. The number of hydrogen-bond donors (Lipinski definition) is 0. The fourth-order valence-corrected chi connectivity index (χ4v) is 2.11. The fourth-order valence-electron chi connectivity index (χ4n) is 1.72. The van der Waals surface area contributed by atoms with E-state index in [9.17, 15) is 4.79 Å². The molecule has 1 fully saturated rings. The molecule has 1 aliphatic rings. The maximum atomic E-state index is 11.9. The second kappa shape index (κ2) is 5.76. The second-order valence-corrected chi connectivity index (χ2v) is 4.68. The summed E-state index contributed by atoms with van der Waals surface area (Å²) < 4.78 is 10.9. The Morgan fingerprint density at radius 2 is 2.06 bits per heavy atom. The van der Waals surface area contributed by atoms with E-state index in [1.807, 2.05) is 32.8 Å². The predicted molar refractivity (Wildman–Crippen MR) is 65.9 cm³/mol. The first-order chi connectivity index (χ1) is 7.47. The van der Waals surface area contributed by atoms with Gasteiger partial charge >= 0.3 is 0 Å². The molecule has 1 saturated heterocycles. The maximum Gasteiger partial charge on any atom is 0.188 e. The van der Waals surface area contributed by atoms with E-state index in [4.69, 9.17) is 9.26 Å². The van der Waals surface area contributed by atoms with E-state index in [1.54, 1.807) is 6.20 Å². The first-order valence-corrected chi connectivity index (χ1v) is 5.84. The molecule has 1 heterocycles. The molecule has 0 radical (unpaired) electrons. The molecule has 0 N–H and O–H groups in total. The van der Waals surface area contributed by atoms with Crippen molar-refractivity contribution in [3.63, 3.8) is 0 Å². The van der Waals surface area contributed by atoms with Gasteiger partial charge in [-0.25, -0.2) is 0 Å². The molecule has 0 spiro atoms. The molecule has 4 nitrogen and oxygen atoms in total. The van der Waals surface area contributed by atoms with E-state index in [-0.39, 0.29) is 23.9 Å². The molecular weight excluding hydrogens is 225 g/mol. The average molecular weight is 245 g/mol. The van der Waals surface area contributed by atoms with Crippen LogP contribution in [0.25, 0.3) is 0 Å². The minimum Gasteiger partial charge on any atom is -0.383 e. The number of hydrogen-bond acceptors (Lipinski definition) is 4. The summed E-state index contributed by atoms with van der Waals surface area (Å²) in [4.78, 5) is 13.7. The highest BCUT2D eigenvalue weighted by atomic mass is 31.0. The van der Waals surface area contributed by atoms with Crippen molar-refractivity contribution in [2.45, 2.75) is 32.2 Å². The predicted octanol–water partition coefficient (Wildman–Crippen LogP) is 1.23. The summed E-state index contributed by atoms with van der Waals surface area (Å²) in [5.41, 5.74) is 0. The number of ketones is 1. The molecule has 92 valence electrons. The van der Waals surface area contributed by atoms with Gasteiger partial charge in [-0.05, 0) is 13.0 Å². The summed E-state index contributed by atoms with van der Waals surface area (Å²) in [6, 6.07) is 0. The summed E-state index contributed by atoms with van der Waals surface area (Å²) in [5.74, 6) is 0.177. The monoisotopic (exact) mass is 245 g/mol. The third-order valence-electron chi connectivity index (χ3n) is 2.89. The van der Waals surface area contributed by atoms with Crippen molar-refractivity contribution < 1.29 is 14.1 Å². The van der Waals surface area contributed by atoms with Crippen molar-refractivity contribution in [1.82, 2.24) is 4.90 Å². The summed E-state index contributed by atoms with van der Waals surface area (Å²) in [5, 5.41) is 0. The minimum absolute atomic E-state index is 0.0441. The van der Waals surface area contributed by atoms with Crippen LogP contribution in [0.4, 0.5) is 0 Å². The Morgan fingerprint density at radius 1 is 1.44 bits per heavy atom. The Hall–Kier alpha value is -0.440. The number of nitrogens with zero attached hydrogens (tertiary/aromatic N) is 1. The molecule has 0 saturated carbocycles. The van der Waals surface area contributed by atoms with Gasteiger partial charge in [0.15, 0.2) is 5.78 Å². The van der Waals surface area contributed by atoms with Gasteiger partial charge in [0.05, 0.1) is 12.2 Å². The summed E-state index contributed by atoms with van der Waals surface area (Å²) in [7, 11) is 5.96. The van der Waals surface area contributed by atoms with Crippen LogP contribution in [0.15, 0.2) is 12.3 Å². The number of ether oxygens (including phenoxy) is 1. The first-order valence-electron chi connectivity index (χ1n) is 5.36. The summed E-state index contributed by atoms with van der Waals surface area (Å²) in [6.45, 7) is 3.99. The molecule has 1 unspecified atom stereocenters. The standard InChI is InChI=1S/C11H20NO3P/c1-7-8(2)14-11(10(7)15-16)9(13)5-6-12(3)4/h5-8,10-11H,16H2,1-4H3/b6-5-/t7-,8-,10-,11+/m0/s1. The topological polar surface area (TPSA) is 38.8 Å². The number of rotatable bonds is 4. The van der Waals surface area contributed by atoms with E-state index in [0.717, 1.165) is 0 Å². The van der Waals surface area contributed by atoms with Crippen LogP contribution < -0.4 is 0 Å². The van der Waals surface area contributed by atoms with Gasteiger partial charge in [0.1, 0.15) is 6.10 Å². The van der Waals surface area contributed by atoms with Gasteiger partial charge in [-0.15, -0.1) is 0 Å². The highest BCUT2D eigenvalue weighted by Gasteiger charge is 2.42. The van der Waals surface area contributed by atoms with Crippen molar-refractivity contribution in [2.75, 3.05) is 14.1 Å². The third kappa shape index (κ3) is 3.03. The number of carbonyl (C=O) groups is 1. The van der Waals surface area contributed by atoms with Crippen LogP contribution in [0.1, 0.15) is 13.8 Å². The van der Waals surface area contributed by atoms with Gasteiger partial charge in [0.2, 0.25) is 0 Å². The van der Waals surface area contributed by atoms with Crippen molar-refractivity contribution in [2.24, 2.45) is 5.92 Å². The largest absolute Gasteiger partial charge is 0.383 e. The van der Waals surface area contributed by atoms with E-state index in [0.29, 0.717) is 0 Å². The lowest BCUT2D eigenvalue weighted by molar-refractivity contribution is -0.127. The lowest BCUT2D eigenvalue weighted by atomic mass is 9.97. The molecule has 0 aromatic rings. The molecule has 1 rings (SSSR count). The van der Waals surface area contributed by atoms with E-state index in [1.165, 1.54) is 6.08 Å². The van der Waals surface area contributed by atoms with E-state index >= 15 is 0 Å². The molecule has 5 heteroatoms. The van der Waals surface area contributed by atoms with Gasteiger partial charge < -0.3 is 14.2 Å². The highest BCUT2D eigenvalue weighted by Crippen LogP contribution is 2.31. The quantitative estimate of drug-likeness (QED) is 0.551. The molecule has 1 aliphatic heterocycles. The highest BCUT2D eigenvalue weighted by molar-refractivity contribution is 7.09. The maximum absolute atomic E-state index is 11.9. The molecule has 0 aliphatic carbocycles. The molecule has 0 aromatic heterocycles. The zero-order valence-electron chi connectivity index (χ0n) is 10.2. The average Bonchev–Trinajstić information content (AvgIpc) is 2.52. The zero-order valence-corrected chi connectivity index (χ0v) is 11.4. The van der Waals surface area contributed by atoms with Crippen LogP contribution >= 0.6 is 9.47 Å². The SMILES string of the molecule is C[C@@H]1[C@H](OP)[C@@H](C(=O)/C=C\N(C)C)O[C@H]1C. The molecule has 5 atom stereocenters. The minimum atomic E-state index is -0.487. The summed E-state index contributed by atoms with van der Waals surface area (Å²) >= 11 is 0. The third-order valence-corrected chi connectivity index (χ3v) is 3.21.